The minimum Gasteiger partial charge on any atom is -0.337 e. The Balaban J connectivity index is 1.65. The molecule has 6 nitrogen and oxygen atoms in total. The molecule has 1 unspecified atom stereocenters. The van der Waals surface area contributed by atoms with Gasteiger partial charge in [0, 0.05) is 44.6 Å². The van der Waals surface area contributed by atoms with Crippen molar-refractivity contribution >= 4 is 11.6 Å². The Labute approximate surface area is 151 Å². The zero-order valence-corrected chi connectivity index (χ0v) is 15.4. The highest BCUT2D eigenvalue weighted by atomic mass is 19.1. The maximum atomic E-state index is 14.3. The number of aryl methyl sites for hydroxylation is 2. The van der Waals surface area contributed by atoms with E-state index in [1.54, 1.807) is 28.4 Å². The normalized spacial score (nSPS) is 19.4. The van der Waals surface area contributed by atoms with Gasteiger partial charge in [-0.2, -0.15) is 5.10 Å². The first-order valence-electron chi connectivity index (χ1n) is 8.67. The topological polar surface area (TPSA) is 55.4 Å². The van der Waals surface area contributed by atoms with Gasteiger partial charge in [-0.1, -0.05) is 13.8 Å². The number of fused-ring (bicyclic) bond motifs is 1. The fourth-order valence-electron chi connectivity index (χ4n) is 3.94. The number of hydrogen-bond donors (Lipinski definition) is 0. The average Bonchev–Trinajstić information content (AvgIpc) is 3.23. The average molecular weight is 355 g/mol. The third-order valence-corrected chi connectivity index (χ3v) is 5.23. The maximum absolute atomic E-state index is 14.3. The Morgan fingerprint density at radius 3 is 2.77 bits per heavy atom. The molecule has 0 spiro atoms. The van der Waals surface area contributed by atoms with Crippen LogP contribution in [0.1, 0.15) is 41.4 Å². The van der Waals surface area contributed by atoms with Crippen molar-refractivity contribution < 1.29 is 9.18 Å². The Bertz CT molecular complexity index is 1000. The summed E-state index contributed by atoms with van der Waals surface area (Å²) in [6, 6.07) is 1.29. The predicted octanol–water partition coefficient (Wildman–Crippen LogP) is 2.78. The van der Waals surface area contributed by atoms with Crippen molar-refractivity contribution in [2.45, 2.75) is 26.7 Å². The molecule has 0 bridgehead atoms. The van der Waals surface area contributed by atoms with E-state index < -0.39 is 5.82 Å². The third-order valence-electron chi connectivity index (χ3n) is 5.23. The molecule has 1 atom stereocenters. The molecule has 3 aromatic rings. The first kappa shape index (κ1) is 16.8. The zero-order valence-electron chi connectivity index (χ0n) is 15.4. The van der Waals surface area contributed by atoms with Crippen LogP contribution in [-0.4, -0.2) is 43.1 Å². The third kappa shape index (κ3) is 2.67. The summed E-state index contributed by atoms with van der Waals surface area (Å²) in [5.74, 6) is -0.438. The van der Waals surface area contributed by atoms with Crippen molar-refractivity contribution in [3.05, 3.63) is 53.5 Å². The quantitative estimate of drug-likeness (QED) is 0.710. The van der Waals surface area contributed by atoms with Gasteiger partial charge in [0.1, 0.15) is 0 Å². The standard InChI is InChI=1S/C19H22FN5O/c1-12-7-24-9-13(5-16(20)17(24)22-12)18(26)25-10-15(19(2,3)11-25)14-6-21-23(4)8-14/h5-9,15H,10-11H2,1-4H3. The summed E-state index contributed by atoms with van der Waals surface area (Å²) >= 11 is 0. The molecule has 0 N–H and O–H groups in total. The van der Waals surface area contributed by atoms with Crippen molar-refractivity contribution in [2.24, 2.45) is 12.5 Å². The second-order valence-corrected chi connectivity index (χ2v) is 7.86. The van der Waals surface area contributed by atoms with Gasteiger partial charge in [0.25, 0.3) is 5.91 Å². The van der Waals surface area contributed by atoms with Crippen molar-refractivity contribution in [1.82, 2.24) is 24.1 Å². The molecule has 4 heterocycles. The van der Waals surface area contributed by atoms with E-state index in [2.05, 4.69) is 23.9 Å². The van der Waals surface area contributed by atoms with E-state index in [-0.39, 0.29) is 22.9 Å². The van der Waals surface area contributed by atoms with Gasteiger partial charge in [-0.25, -0.2) is 9.37 Å². The van der Waals surface area contributed by atoms with E-state index in [0.717, 1.165) is 5.56 Å². The highest BCUT2D eigenvalue weighted by Crippen LogP contribution is 2.42. The molecule has 1 saturated heterocycles. The second kappa shape index (κ2) is 5.65. The van der Waals surface area contributed by atoms with Crippen LogP contribution in [0.2, 0.25) is 0 Å². The van der Waals surface area contributed by atoms with E-state index in [0.29, 0.717) is 24.3 Å². The summed E-state index contributed by atoms with van der Waals surface area (Å²) < 4.78 is 17.7. The monoisotopic (exact) mass is 355 g/mol. The molecule has 26 heavy (non-hydrogen) atoms. The Hall–Kier alpha value is -2.70. The lowest BCUT2D eigenvalue weighted by Gasteiger charge is -2.24. The van der Waals surface area contributed by atoms with Gasteiger partial charge in [0.2, 0.25) is 0 Å². The summed E-state index contributed by atoms with van der Waals surface area (Å²) in [6.07, 6.45) is 7.24. The van der Waals surface area contributed by atoms with E-state index in [1.165, 1.54) is 6.07 Å². The van der Waals surface area contributed by atoms with Crippen LogP contribution in [0.5, 0.6) is 0 Å². The number of amides is 1. The molecule has 0 aliphatic carbocycles. The molecule has 136 valence electrons. The summed E-state index contributed by atoms with van der Waals surface area (Å²) in [5.41, 5.74) is 2.35. The Morgan fingerprint density at radius 1 is 1.31 bits per heavy atom. The molecule has 7 heteroatoms. The number of nitrogens with zero attached hydrogens (tertiary/aromatic N) is 5. The van der Waals surface area contributed by atoms with Gasteiger partial charge in [0.15, 0.2) is 11.5 Å². The van der Waals surface area contributed by atoms with Crippen molar-refractivity contribution in [3.63, 3.8) is 0 Å². The number of hydrogen-bond acceptors (Lipinski definition) is 3. The SMILES string of the molecule is Cc1cn2cc(C(=O)N3CC(c4cnn(C)c4)C(C)(C)C3)cc(F)c2n1. The van der Waals surface area contributed by atoms with Crippen molar-refractivity contribution in [1.29, 1.82) is 0 Å². The fraction of sp³-hybridized carbons (Fsp3) is 0.421. The number of aromatic nitrogens is 4. The second-order valence-electron chi connectivity index (χ2n) is 7.86. The molecule has 0 radical (unpaired) electrons. The smallest absolute Gasteiger partial charge is 0.255 e. The lowest BCUT2D eigenvalue weighted by atomic mass is 9.79. The van der Waals surface area contributed by atoms with Crippen LogP contribution < -0.4 is 0 Å². The maximum Gasteiger partial charge on any atom is 0.255 e. The number of carbonyl (C=O) groups excluding carboxylic acids is 1. The summed E-state index contributed by atoms with van der Waals surface area (Å²) in [5, 5.41) is 4.26. The molecule has 0 aromatic carbocycles. The number of halogens is 1. The number of pyridine rings is 1. The first-order valence-corrected chi connectivity index (χ1v) is 8.67. The van der Waals surface area contributed by atoms with Gasteiger partial charge in [-0.3, -0.25) is 9.48 Å². The number of rotatable bonds is 2. The van der Waals surface area contributed by atoms with Crippen LogP contribution in [0.25, 0.3) is 5.65 Å². The van der Waals surface area contributed by atoms with E-state index in [9.17, 15) is 9.18 Å². The van der Waals surface area contributed by atoms with Crippen LogP contribution in [-0.2, 0) is 7.05 Å². The van der Waals surface area contributed by atoms with E-state index in [4.69, 9.17) is 0 Å². The van der Waals surface area contributed by atoms with Crippen molar-refractivity contribution in [3.8, 4) is 0 Å². The van der Waals surface area contributed by atoms with E-state index in [1.807, 2.05) is 24.3 Å². The van der Waals surface area contributed by atoms with Crippen LogP contribution in [0.15, 0.2) is 30.9 Å². The fourth-order valence-corrected chi connectivity index (χ4v) is 3.94. The molecular weight excluding hydrogens is 333 g/mol. The molecular formula is C19H22FN5O. The molecule has 3 aromatic heterocycles. The molecule has 0 saturated carbocycles. The van der Waals surface area contributed by atoms with Crippen LogP contribution >= 0.6 is 0 Å². The van der Waals surface area contributed by atoms with Gasteiger partial charge < -0.3 is 9.30 Å². The minimum absolute atomic E-state index is 0.0765. The lowest BCUT2D eigenvalue weighted by Crippen LogP contribution is -2.30. The number of carbonyl (C=O) groups is 1. The summed E-state index contributed by atoms with van der Waals surface area (Å²) in [6.45, 7) is 7.32. The molecule has 1 fully saturated rings. The van der Waals surface area contributed by atoms with Crippen molar-refractivity contribution in [2.75, 3.05) is 13.1 Å². The molecule has 1 amide bonds. The first-order chi connectivity index (χ1) is 12.2. The highest BCUT2D eigenvalue weighted by Gasteiger charge is 2.42. The summed E-state index contributed by atoms with van der Waals surface area (Å²) in [4.78, 5) is 19.0. The predicted molar refractivity (Wildman–Crippen MR) is 95.5 cm³/mol. The number of imidazole rings is 1. The highest BCUT2D eigenvalue weighted by molar-refractivity contribution is 5.94. The van der Waals surface area contributed by atoms with Gasteiger partial charge >= 0.3 is 0 Å². The van der Waals surface area contributed by atoms with Gasteiger partial charge in [-0.15, -0.1) is 0 Å². The summed E-state index contributed by atoms with van der Waals surface area (Å²) in [7, 11) is 1.89. The minimum atomic E-state index is -0.480. The lowest BCUT2D eigenvalue weighted by molar-refractivity contribution is 0.0777. The molecule has 4 rings (SSSR count). The van der Waals surface area contributed by atoms with E-state index >= 15 is 0 Å². The number of likely N-dealkylation sites (tertiary alicyclic amines) is 1. The molecule has 1 aliphatic rings. The Morgan fingerprint density at radius 2 is 2.08 bits per heavy atom. The Kier molecular flexibility index (Phi) is 3.64. The largest absolute Gasteiger partial charge is 0.337 e. The molecule has 1 aliphatic heterocycles. The van der Waals surface area contributed by atoms with Gasteiger partial charge in [0.05, 0.1) is 17.5 Å². The van der Waals surface area contributed by atoms with Gasteiger partial charge in [-0.05, 0) is 24.0 Å². The van der Waals surface area contributed by atoms with Crippen LogP contribution in [0.4, 0.5) is 4.39 Å². The zero-order chi connectivity index (χ0) is 18.6. The van der Waals surface area contributed by atoms with Crippen LogP contribution in [0.3, 0.4) is 0 Å². The van der Waals surface area contributed by atoms with Crippen LogP contribution in [0, 0.1) is 18.2 Å².